The minimum atomic E-state index is -0.136. The van der Waals surface area contributed by atoms with E-state index in [0.29, 0.717) is 11.3 Å². The molecule has 0 fully saturated rings. The first-order valence-electron chi connectivity index (χ1n) is 3.31. The van der Waals surface area contributed by atoms with Gasteiger partial charge in [0.2, 0.25) is 0 Å². The molecule has 0 aliphatic carbocycles. The molecular weight excluding hydrogens is 142 g/mol. The molecule has 0 saturated heterocycles. The second-order valence-electron chi connectivity index (χ2n) is 2.23. The SMILES string of the molecule is CC(=O)c1ncccc1CO. The van der Waals surface area contributed by atoms with Crippen LogP contribution in [0.4, 0.5) is 0 Å². The first-order chi connectivity index (χ1) is 5.25. The monoisotopic (exact) mass is 151 g/mol. The van der Waals surface area contributed by atoms with Crippen molar-refractivity contribution in [2.45, 2.75) is 13.5 Å². The number of hydrogen-bond acceptors (Lipinski definition) is 3. The van der Waals surface area contributed by atoms with Crippen molar-refractivity contribution in [1.29, 1.82) is 0 Å². The van der Waals surface area contributed by atoms with Crippen LogP contribution in [0.5, 0.6) is 0 Å². The summed E-state index contributed by atoms with van der Waals surface area (Å²) in [5, 5.41) is 8.78. The maximum absolute atomic E-state index is 10.9. The van der Waals surface area contributed by atoms with Gasteiger partial charge in [0.1, 0.15) is 5.69 Å². The van der Waals surface area contributed by atoms with Crippen LogP contribution < -0.4 is 0 Å². The molecule has 0 spiro atoms. The highest BCUT2D eigenvalue weighted by molar-refractivity contribution is 5.93. The highest BCUT2D eigenvalue weighted by Crippen LogP contribution is 2.04. The fourth-order valence-corrected chi connectivity index (χ4v) is 0.883. The Kier molecular flexibility index (Phi) is 2.33. The molecule has 0 bridgehead atoms. The van der Waals surface area contributed by atoms with Crippen LogP contribution in [0.3, 0.4) is 0 Å². The van der Waals surface area contributed by atoms with Gasteiger partial charge in [0, 0.05) is 18.7 Å². The third kappa shape index (κ3) is 1.62. The van der Waals surface area contributed by atoms with Crippen LogP contribution in [0.25, 0.3) is 0 Å². The molecule has 58 valence electrons. The summed E-state index contributed by atoms with van der Waals surface area (Å²) >= 11 is 0. The number of hydrogen-bond donors (Lipinski definition) is 1. The third-order valence-corrected chi connectivity index (χ3v) is 1.40. The zero-order chi connectivity index (χ0) is 8.27. The Morgan fingerprint density at radius 2 is 2.45 bits per heavy atom. The van der Waals surface area contributed by atoms with E-state index in [0.717, 1.165) is 0 Å². The molecule has 1 aromatic rings. The van der Waals surface area contributed by atoms with E-state index in [-0.39, 0.29) is 12.4 Å². The smallest absolute Gasteiger partial charge is 0.178 e. The number of rotatable bonds is 2. The van der Waals surface area contributed by atoms with E-state index in [1.165, 1.54) is 13.1 Å². The number of Topliss-reactive ketones (excluding diaryl/α,β-unsaturated/α-hetero) is 1. The topological polar surface area (TPSA) is 50.2 Å². The lowest BCUT2D eigenvalue weighted by Gasteiger charge is -1.99. The summed E-state index contributed by atoms with van der Waals surface area (Å²) < 4.78 is 0. The summed E-state index contributed by atoms with van der Waals surface area (Å²) in [5.41, 5.74) is 0.940. The van der Waals surface area contributed by atoms with Crippen molar-refractivity contribution in [3.63, 3.8) is 0 Å². The molecule has 3 nitrogen and oxygen atoms in total. The number of aliphatic hydroxyl groups is 1. The fraction of sp³-hybridized carbons (Fsp3) is 0.250. The van der Waals surface area contributed by atoms with Gasteiger partial charge in [0.25, 0.3) is 0 Å². The zero-order valence-electron chi connectivity index (χ0n) is 6.24. The molecule has 0 radical (unpaired) electrons. The number of nitrogens with zero attached hydrogens (tertiary/aromatic N) is 1. The molecule has 1 N–H and O–H groups in total. The van der Waals surface area contributed by atoms with Crippen molar-refractivity contribution in [3.05, 3.63) is 29.6 Å². The van der Waals surface area contributed by atoms with Crippen LogP contribution in [0.15, 0.2) is 18.3 Å². The summed E-state index contributed by atoms with van der Waals surface area (Å²) in [6, 6.07) is 3.38. The number of aliphatic hydroxyl groups excluding tert-OH is 1. The molecule has 0 saturated carbocycles. The molecule has 1 aromatic heterocycles. The molecule has 3 heteroatoms. The molecule has 1 rings (SSSR count). The first-order valence-corrected chi connectivity index (χ1v) is 3.31. The largest absolute Gasteiger partial charge is 0.392 e. The maximum Gasteiger partial charge on any atom is 0.178 e. The molecule has 0 aromatic carbocycles. The minimum absolute atomic E-state index is 0.116. The van der Waals surface area contributed by atoms with Crippen LogP contribution in [0, 0.1) is 0 Å². The van der Waals surface area contributed by atoms with E-state index in [2.05, 4.69) is 4.98 Å². The Bertz CT molecular complexity index is 271. The Hall–Kier alpha value is -1.22. The van der Waals surface area contributed by atoms with Gasteiger partial charge in [-0.15, -0.1) is 0 Å². The standard InChI is InChI=1S/C8H9NO2/c1-6(11)8-7(5-10)3-2-4-9-8/h2-4,10H,5H2,1H3. The number of carbonyl (C=O) groups excluding carboxylic acids is 1. The summed E-state index contributed by atoms with van der Waals surface area (Å²) in [7, 11) is 0. The summed E-state index contributed by atoms with van der Waals surface area (Å²) in [6.45, 7) is 1.30. The first kappa shape index (κ1) is 7.88. The molecule has 0 aliphatic heterocycles. The van der Waals surface area contributed by atoms with Crippen molar-refractivity contribution >= 4 is 5.78 Å². The molecule has 1 heterocycles. The number of pyridine rings is 1. The lowest BCUT2D eigenvalue weighted by molar-refractivity contribution is 0.101. The molecule has 0 unspecified atom stereocenters. The van der Waals surface area contributed by atoms with Crippen LogP contribution in [0.1, 0.15) is 23.0 Å². The van der Waals surface area contributed by atoms with Gasteiger partial charge in [-0.1, -0.05) is 6.07 Å². The quantitative estimate of drug-likeness (QED) is 0.635. The van der Waals surface area contributed by atoms with E-state index in [1.54, 1.807) is 12.1 Å². The lowest BCUT2D eigenvalue weighted by Crippen LogP contribution is -2.01. The van der Waals surface area contributed by atoms with Gasteiger partial charge in [0.15, 0.2) is 5.78 Å². The summed E-state index contributed by atoms with van der Waals surface area (Å²) in [5.74, 6) is -0.116. The van der Waals surface area contributed by atoms with Gasteiger partial charge in [-0.25, -0.2) is 0 Å². The number of ketones is 1. The van der Waals surface area contributed by atoms with Crippen LogP contribution in [0.2, 0.25) is 0 Å². The number of aromatic nitrogens is 1. The molecule has 0 amide bonds. The van der Waals surface area contributed by atoms with E-state index in [1.807, 2.05) is 0 Å². The predicted molar refractivity (Wildman–Crippen MR) is 40.2 cm³/mol. The Morgan fingerprint density at radius 1 is 1.73 bits per heavy atom. The molecular formula is C8H9NO2. The van der Waals surface area contributed by atoms with Gasteiger partial charge in [-0.05, 0) is 6.07 Å². The normalized spacial score (nSPS) is 9.64. The van der Waals surface area contributed by atoms with Crippen molar-refractivity contribution in [1.82, 2.24) is 4.98 Å². The lowest BCUT2D eigenvalue weighted by atomic mass is 10.1. The molecule has 0 aliphatic rings. The van der Waals surface area contributed by atoms with Crippen molar-refractivity contribution in [2.24, 2.45) is 0 Å². The maximum atomic E-state index is 10.9. The van der Waals surface area contributed by atoms with Crippen LogP contribution in [-0.4, -0.2) is 15.9 Å². The van der Waals surface area contributed by atoms with Gasteiger partial charge in [-0.3, -0.25) is 9.78 Å². The Morgan fingerprint density at radius 3 is 2.91 bits per heavy atom. The van der Waals surface area contributed by atoms with E-state index >= 15 is 0 Å². The van der Waals surface area contributed by atoms with Crippen LogP contribution in [-0.2, 0) is 6.61 Å². The predicted octanol–water partition coefficient (Wildman–Crippen LogP) is 0.776. The van der Waals surface area contributed by atoms with Gasteiger partial charge < -0.3 is 5.11 Å². The highest BCUT2D eigenvalue weighted by atomic mass is 16.3. The Balaban J connectivity index is 3.12. The van der Waals surface area contributed by atoms with Crippen molar-refractivity contribution in [2.75, 3.05) is 0 Å². The zero-order valence-corrected chi connectivity index (χ0v) is 6.24. The third-order valence-electron chi connectivity index (χ3n) is 1.40. The summed E-state index contributed by atoms with van der Waals surface area (Å²) in [6.07, 6.45) is 1.54. The number of carbonyl (C=O) groups is 1. The molecule has 11 heavy (non-hydrogen) atoms. The Labute approximate surface area is 64.7 Å². The highest BCUT2D eigenvalue weighted by Gasteiger charge is 2.05. The van der Waals surface area contributed by atoms with E-state index in [9.17, 15) is 4.79 Å². The minimum Gasteiger partial charge on any atom is -0.392 e. The van der Waals surface area contributed by atoms with Gasteiger partial charge >= 0.3 is 0 Å². The van der Waals surface area contributed by atoms with Gasteiger partial charge in [-0.2, -0.15) is 0 Å². The fourth-order valence-electron chi connectivity index (χ4n) is 0.883. The molecule has 0 atom stereocenters. The van der Waals surface area contributed by atoms with Gasteiger partial charge in [0.05, 0.1) is 6.61 Å². The van der Waals surface area contributed by atoms with Crippen molar-refractivity contribution in [3.8, 4) is 0 Å². The second-order valence-corrected chi connectivity index (χ2v) is 2.23. The average molecular weight is 151 g/mol. The van der Waals surface area contributed by atoms with E-state index < -0.39 is 0 Å². The second kappa shape index (κ2) is 3.25. The van der Waals surface area contributed by atoms with Crippen molar-refractivity contribution < 1.29 is 9.90 Å². The van der Waals surface area contributed by atoms with Crippen LogP contribution >= 0.6 is 0 Å². The average Bonchev–Trinajstić information content (AvgIpc) is 2.04. The summed E-state index contributed by atoms with van der Waals surface area (Å²) in [4.78, 5) is 14.7. The van der Waals surface area contributed by atoms with E-state index in [4.69, 9.17) is 5.11 Å².